The number of benzene rings is 2. The second kappa shape index (κ2) is 7.35. The van der Waals surface area contributed by atoms with E-state index in [1.165, 1.54) is 12.1 Å². The lowest BCUT2D eigenvalue weighted by Crippen LogP contribution is -2.09. The number of anilines is 1. The third-order valence-corrected chi connectivity index (χ3v) is 3.73. The molecule has 26 heavy (non-hydrogen) atoms. The van der Waals surface area contributed by atoms with Gasteiger partial charge in [-0.3, -0.25) is 0 Å². The summed E-state index contributed by atoms with van der Waals surface area (Å²) < 4.78 is 36.9. The van der Waals surface area contributed by atoms with Crippen LogP contribution in [0.4, 0.5) is 14.5 Å². The van der Waals surface area contributed by atoms with Crippen LogP contribution in [0.1, 0.15) is 16.1 Å². The topological polar surface area (TPSA) is 55.6 Å². The number of carbonyl (C=O) groups excluding carboxylic acids is 1. The van der Waals surface area contributed by atoms with Crippen LogP contribution >= 0.6 is 0 Å². The Kier molecular flexibility index (Phi) is 4.97. The van der Waals surface area contributed by atoms with Gasteiger partial charge in [0, 0.05) is 31.9 Å². The van der Waals surface area contributed by atoms with E-state index in [4.69, 9.17) is 9.26 Å². The normalized spacial score (nSPS) is 10.6. The summed E-state index contributed by atoms with van der Waals surface area (Å²) in [5, 5.41) is 3.74. The molecular weight excluding hydrogens is 342 g/mol. The van der Waals surface area contributed by atoms with Gasteiger partial charge in [-0.15, -0.1) is 0 Å². The van der Waals surface area contributed by atoms with E-state index < -0.39 is 17.6 Å². The van der Waals surface area contributed by atoms with Crippen molar-refractivity contribution in [3.05, 3.63) is 71.4 Å². The zero-order chi connectivity index (χ0) is 18.7. The average molecular weight is 358 g/mol. The number of hydrogen-bond acceptors (Lipinski definition) is 5. The van der Waals surface area contributed by atoms with Gasteiger partial charge in [0.15, 0.2) is 5.76 Å². The van der Waals surface area contributed by atoms with Gasteiger partial charge >= 0.3 is 5.97 Å². The Morgan fingerprint density at radius 2 is 1.85 bits per heavy atom. The van der Waals surface area contributed by atoms with Crippen molar-refractivity contribution in [1.29, 1.82) is 0 Å². The number of halogens is 2. The van der Waals surface area contributed by atoms with E-state index >= 15 is 0 Å². The van der Waals surface area contributed by atoms with E-state index in [1.54, 1.807) is 12.1 Å². The third kappa shape index (κ3) is 3.88. The summed E-state index contributed by atoms with van der Waals surface area (Å²) in [4.78, 5) is 14.0. The highest BCUT2D eigenvalue weighted by Gasteiger charge is 2.14. The van der Waals surface area contributed by atoms with Crippen molar-refractivity contribution in [2.75, 3.05) is 19.0 Å². The highest BCUT2D eigenvalue weighted by Crippen LogP contribution is 2.24. The summed E-state index contributed by atoms with van der Waals surface area (Å²) in [6, 6.07) is 11.5. The molecule has 1 aromatic heterocycles. The van der Waals surface area contributed by atoms with Crippen LogP contribution in [0.5, 0.6) is 0 Å². The molecule has 0 atom stereocenters. The lowest BCUT2D eigenvalue weighted by molar-refractivity contribution is 0.0464. The fourth-order valence-corrected chi connectivity index (χ4v) is 2.31. The number of aromatic nitrogens is 1. The number of esters is 1. The molecular formula is C19H16F2N2O3. The van der Waals surface area contributed by atoms with Gasteiger partial charge in [0.1, 0.15) is 23.9 Å². The molecule has 0 bridgehead atoms. The molecule has 0 aliphatic heterocycles. The van der Waals surface area contributed by atoms with Crippen LogP contribution in [-0.4, -0.2) is 25.2 Å². The van der Waals surface area contributed by atoms with Gasteiger partial charge in [0.2, 0.25) is 0 Å². The molecule has 0 amide bonds. The minimum absolute atomic E-state index is 0.0794. The van der Waals surface area contributed by atoms with Crippen LogP contribution in [0.15, 0.2) is 53.1 Å². The van der Waals surface area contributed by atoms with E-state index in [0.29, 0.717) is 11.3 Å². The number of carbonyl (C=O) groups is 1. The van der Waals surface area contributed by atoms with Crippen LogP contribution in [0, 0.1) is 11.6 Å². The number of rotatable bonds is 5. The second-order valence-corrected chi connectivity index (χ2v) is 5.82. The first-order chi connectivity index (χ1) is 12.4. The Labute approximate surface area is 148 Å². The van der Waals surface area contributed by atoms with Gasteiger partial charge < -0.3 is 14.2 Å². The summed E-state index contributed by atoms with van der Waals surface area (Å²) >= 11 is 0. The molecule has 0 fully saturated rings. The third-order valence-electron chi connectivity index (χ3n) is 3.73. The molecule has 0 radical (unpaired) electrons. The molecule has 0 aliphatic rings. The maximum atomic E-state index is 13.8. The molecule has 3 rings (SSSR count). The van der Waals surface area contributed by atoms with E-state index in [-0.39, 0.29) is 17.9 Å². The molecule has 5 nitrogen and oxygen atoms in total. The Morgan fingerprint density at radius 3 is 2.50 bits per heavy atom. The fraction of sp³-hybridized carbons (Fsp3) is 0.158. The second-order valence-electron chi connectivity index (χ2n) is 5.82. The molecule has 134 valence electrons. The smallest absolute Gasteiger partial charge is 0.338 e. The molecule has 0 saturated carbocycles. The van der Waals surface area contributed by atoms with Gasteiger partial charge in [-0.1, -0.05) is 5.16 Å². The summed E-state index contributed by atoms with van der Waals surface area (Å²) in [7, 11) is 3.80. The lowest BCUT2D eigenvalue weighted by Gasteiger charge is -2.12. The Balaban J connectivity index is 1.65. The molecule has 1 heterocycles. The molecule has 7 heteroatoms. The highest BCUT2D eigenvalue weighted by molar-refractivity contribution is 5.89. The van der Waals surface area contributed by atoms with Gasteiger partial charge in [-0.25, -0.2) is 13.6 Å². The van der Waals surface area contributed by atoms with Crippen LogP contribution in [0.2, 0.25) is 0 Å². The Bertz CT molecular complexity index is 921. The van der Waals surface area contributed by atoms with Gasteiger partial charge in [-0.2, -0.15) is 0 Å². The van der Waals surface area contributed by atoms with Gasteiger partial charge in [0.05, 0.1) is 11.1 Å². The zero-order valence-electron chi connectivity index (χ0n) is 14.2. The van der Waals surface area contributed by atoms with E-state index in [9.17, 15) is 13.6 Å². The van der Waals surface area contributed by atoms with Crippen LogP contribution in [-0.2, 0) is 11.3 Å². The van der Waals surface area contributed by atoms with Crippen molar-refractivity contribution in [2.45, 2.75) is 6.61 Å². The van der Waals surface area contributed by atoms with Crippen LogP contribution < -0.4 is 4.90 Å². The summed E-state index contributed by atoms with van der Waals surface area (Å²) in [6.07, 6.45) is 0. The number of nitrogens with zero attached hydrogens (tertiary/aromatic N) is 2. The van der Waals surface area contributed by atoms with E-state index in [2.05, 4.69) is 5.16 Å². The first-order valence-corrected chi connectivity index (χ1v) is 7.79. The van der Waals surface area contributed by atoms with Gasteiger partial charge in [0.25, 0.3) is 0 Å². The summed E-state index contributed by atoms with van der Waals surface area (Å²) in [5.41, 5.74) is 1.77. The van der Waals surface area contributed by atoms with Gasteiger partial charge in [-0.05, 0) is 36.4 Å². The fourth-order valence-electron chi connectivity index (χ4n) is 2.31. The predicted octanol–water partition coefficient (Wildman–Crippen LogP) is 4.04. The monoisotopic (exact) mass is 358 g/mol. The Hall–Kier alpha value is -3.22. The maximum absolute atomic E-state index is 13.8. The van der Waals surface area contributed by atoms with Crippen molar-refractivity contribution in [3.8, 4) is 11.3 Å². The lowest BCUT2D eigenvalue weighted by atomic mass is 10.1. The number of ether oxygens (including phenoxy) is 1. The largest absolute Gasteiger partial charge is 0.455 e. The quantitative estimate of drug-likeness (QED) is 0.644. The molecule has 0 N–H and O–H groups in total. The molecule has 0 aliphatic carbocycles. The van der Waals surface area contributed by atoms with E-state index in [1.807, 2.05) is 31.1 Å². The standard InChI is InChI=1S/C19H16F2N2O3/c1-23(2)15-6-3-12(4-7-15)19(24)25-11-14-10-18(26-22-14)16-8-5-13(20)9-17(16)21/h3-10H,11H2,1-2H3. The minimum atomic E-state index is -0.759. The van der Waals surface area contributed by atoms with E-state index in [0.717, 1.165) is 17.8 Å². The first-order valence-electron chi connectivity index (χ1n) is 7.79. The molecule has 3 aromatic rings. The minimum Gasteiger partial charge on any atom is -0.455 e. The predicted molar refractivity (Wildman–Crippen MR) is 91.7 cm³/mol. The first kappa shape index (κ1) is 17.6. The van der Waals surface area contributed by atoms with Crippen molar-refractivity contribution in [1.82, 2.24) is 5.16 Å². The van der Waals surface area contributed by atoms with Crippen molar-refractivity contribution >= 4 is 11.7 Å². The maximum Gasteiger partial charge on any atom is 0.338 e. The van der Waals surface area contributed by atoms with Crippen LogP contribution in [0.3, 0.4) is 0 Å². The zero-order valence-corrected chi connectivity index (χ0v) is 14.2. The van der Waals surface area contributed by atoms with Crippen molar-refractivity contribution in [2.24, 2.45) is 0 Å². The molecule has 0 spiro atoms. The SMILES string of the molecule is CN(C)c1ccc(C(=O)OCc2cc(-c3ccc(F)cc3F)on2)cc1. The molecule has 2 aromatic carbocycles. The van der Waals surface area contributed by atoms with Crippen LogP contribution in [0.25, 0.3) is 11.3 Å². The highest BCUT2D eigenvalue weighted by atomic mass is 19.1. The summed E-state index contributed by atoms with van der Waals surface area (Å²) in [6.45, 7) is -0.124. The van der Waals surface area contributed by atoms with Crippen molar-refractivity contribution in [3.63, 3.8) is 0 Å². The molecule has 0 saturated heterocycles. The number of hydrogen-bond donors (Lipinski definition) is 0. The average Bonchev–Trinajstić information content (AvgIpc) is 3.08. The molecule has 0 unspecified atom stereocenters. The van der Waals surface area contributed by atoms with Crippen molar-refractivity contribution < 1.29 is 22.8 Å². The summed E-state index contributed by atoms with van der Waals surface area (Å²) in [5.74, 6) is -1.82. The Morgan fingerprint density at radius 1 is 1.12 bits per heavy atom.